The lowest BCUT2D eigenvalue weighted by Crippen LogP contribution is -2.22. The van der Waals surface area contributed by atoms with Gasteiger partial charge in [-0.25, -0.2) is 0 Å². The van der Waals surface area contributed by atoms with Gasteiger partial charge in [0, 0.05) is 33.4 Å². The molecule has 0 radical (unpaired) electrons. The van der Waals surface area contributed by atoms with Crippen molar-refractivity contribution >= 4 is 54.3 Å². The average Bonchev–Trinajstić information content (AvgIpc) is 3.70. The largest absolute Gasteiger partial charge is 0.489 e. The van der Waals surface area contributed by atoms with Crippen LogP contribution in [-0.2, 0) is 0 Å². The second kappa shape index (κ2) is 8.36. The van der Waals surface area contributed by atoms with E-state index in [0.717, 1.165) is 42.0 Å². The Morgan fingerprint density at radius 3 is 2.07 bits per heavy atom. The van der Waals surface area contributed by atoms with Gasteiger partial charge in [0.1, 0.15) is 23.0 Å². The van der Waals surface area contributed by atoms with Crippen LogP contribution in [0, 0.1) is 0 Å². The van der Waals surface area contributed by atoms with Crippen LogP contribution in [0.5, 0.6) is 5.75 Å². The lowest BCUT2D eigenvalue weighted by molar-refractivity contribution is 0.164. The monoisotopic (exact) mass is 548 g/mol. The summed E-state index contributed by atoms with van der Waals surface area (Å²) in [6.07, 6.45) is 4.11. The van der Waals surface area contributed by atoms with E-state index >= 15 is 0 Å². The van der Waals surface area contributed by atoms with Crippen molar-refractivity contribution in [2.24, 2.45) is 0 Å². The molecule has 2 heterocycles. The Morgan fingerprint density at radius 2 is 1.24 bits per heavy atom. The van der Waals surface area contributed by atoms with Gasteiger partial charge >= 0.3 is 0 Å². The van der Waals surface area contributed by atoms with Gasteiger partial charge in [-0.05, 0) is 68.8 Å². The van der Waals surface area contributed by atoms with Crippen LogP contribution in [0.4, 0.5) is 0 Å². The second-order valence-electron chi connectivity index (χ2n) is 11.6. The molecule has 2 aliphatic rings. The number of ether oxygens (including phenoxy) is 1. The summed E-state index contributed by atoms with van der Waals surface area (Å²) in [6.45, 7) is 0. The molecule has 8 aromatic rings. The number of hydrogen-bond acceptors (Lipinski definition) is 2. The Kier molecular flexibility index (Phi) is 3.30. The maximum absolute atomic E-state index is 9.60. The maximum Gasteiger partial charge on any atom is 0.143 e. The highest BCUT2D eigenvalue weighted by atomic mass is 16.5. The zero-order chi connectivity index (χ0) is 34.3. The van der Waals surface area contributed by atoms with Crippen molar-refractivity contribution in [3.63, 3.8) is 0 Å². The van der Waals surface area contributed by atoms with Gasteiger partial charge in [0.05, 0.1) is 11.0 Å². The molecular weight excluding hydrogens is 512 g/mol. The first-order valence-electron chi connectivity index (χ1n) is 18.6. The molecular formula is C40H28O2. The molecule has 1 aromatic heterocycles. The van der Waals surface area contributed by atoms with E-state index in [1.165, 1.54) is 0 Å². The van der Waals surface area contributed by atoms with Crippen molar-refractivity contribution in [1.82, 2.24) is 0 Å². The molecule has 7 aromatic carbocycles. The Balaban J connectivity index is 1.40. The zero-order valence-electron chi connectivity index (χ0n) is 30.6. The lowest BCUT2D eigenvalue weighted by Gasteiger charge is -2.23. The van der Waals surface area contributed by atoms with Crippen molar-refractivity contribution in [3.05, 3.63) is 115 Å². The van der Waals surface area contributed by atoms with Crippen LogP contribution in [0.2, 0.25) is 0 Å². The summed E-state index contributed by atoms with van der Waals surface area (Å²) >= 11 is 0. The van der Waals surface area contributed by atoms with Crippen LogP contribution >= 0.6 is 0 Å². The third-order valence-electron chi connectivity index (χ3n) is 9.36. The molecule has 2 unspecified atom stereocenters. The van der Waals surface area contributed by atoms with E-state index < -0.39 is 0 Å². The number of furan rings is 1. The molecule has 2 atom stereocenters. The topological polar surface area (TPSA) is 22.4 Å². The Hall–Kier alpha value is -4.82. The van der Waals surface area contributed by atoms with Crippen molar-refractivity contribution in [2.45, 2.75) is 37.7 Å². The molecule has 2 heteroatoms. The van der Waals surface area contributed by atoms with Crippen LogP contribution in [0.25, 0.3) is 76.5 Å². The summed E-state index contributed by atoms with van der Waals surface area (Å²) in [5.41, 5.74) is 3.71. The zero-order valence-corrected chi connectivity index (χ0v) is 22.6. The third-order valence-corrected chi connectivity index (χ3v) is 9.36. The summed E-state index contributed by atoms with van der Waals surface area (Å²) in [7, 11) is 0. The highest BCUT2D eigenvalue weighted by Crippen LogP contribution is 2.51. The van der Waals surface area contributed by atoms with Gasteiger partial charge in [-0.3, -0.25) is 0 Å². The molecule has 200 valence electrons. The SMILES string of the molecule is [2H]c1c([2H])c2c([2H])c([2H])c3c([2H])c([2H])c(-c4cccc5c4oc4ccccc45)c4c([2H])c([2H])c(c1-c1cccc5c1OC1CCCCC51)c2c34. The minimum atomic E-state index is -0.346. The summed E-state index contributed by atoms with van der Waals surface area (Å²) < 4.78 is 87.5. The second-order valence-corrected chi connectivity index (χ2v) is 11.6. The van der Waals surface area contributed by atoms with E-state index in [2.05, 4.69) is 6.07 Å². The fourth-order valence-electron chi connectivity index (χ4n) is 7.46. The van der Waals surface area contributed by atoms with Crippen molar-refractivity contribution in [2.75, 3.05) is 0 Å². The predicted octanol–water partition coefficient (Wildman–Crippen LogP) is 11.2. The van der Waals surface area contributed by atoms with Crippen molar-refractivity contribution < 1.29 is 20.1 Å². The molecule has 1 fully saturated rings. The van der Waals surface area contributed by atoms with Gasteiger partial charge in [-0.15, -0.1) is 0 Å². The van der Waals surface area contributed by atoms with Crippen LogP contribution in [0.3, 0.4) is 0 Å². The first kappa shape index (κ1) is 16.6. The highest BCUT2D eigenvalue weighted by molar-refractivity contribution is 6.28. The molecule has 10 rings (SSSR count). The summed E-state index contributed by atoms with van der Waals surface area (Å²) in [5.74, 6) is 0.860. The fraction of sp³-hybridized carbons (Fsp3) is 0.150. The minimum absolute atomic E-state index is 0.0159. The molecule has 1 saturated carbocycles. The summed E-state index contributed by atoms with van der Waals surface area (Å²) in [4.78, 5) is 0. The molecule has 42 heavy (non-hydrogen) atoms. The van der Waals surface area contributed by atoms with Crippen LogP contribution in [-0.4, -0.2) is 6.10 Å². The Labute approximate surface area is 254 Å². The normalized spacial score (nSPS) is 21.0. The van der Waals surface area contributed by atoms with E-state index in [1.54, 1.807) is 6.07 Å². The molecule has 0 N–H and O–H groups in total. The highest BCUT2D eigenvalue weighted by Gasteiger charge is 2.37. The molecule has 1 aliphatic carbocycles. The van der Waals surface area contributed by atoms with Crippen LogP contribution in [0.1, 0.15) is 48.1 Å². The maximum atomic E-state index is 9.60. The lowest BCUT2D eigenvalue weighted by atomic mass is 9.82. The van der Waals surface area contributed by atoms with E-state index in [9.17, 15) is 8.22 Å². The standard InChI is InChI=1S/C40H28O2/c1-3-13-35-27(7-1)33-11-5-9-31(39(33)41-35)25-19-17-23-15-16-24-18-20-26(30-22-21-29(25)37(23)38(24)30)32-10-6-12-34-28-8-2-4-14-36(28)42-40(32)34/h1,3,5-7,9-13,15-22,28,36H,2,4,8,14H2/i15D,16D,17D,18D,19D,20D,21D,22D. The van der Waals surface area contributed by atoms with Crippen molar-refractivity contribution in [3.8, 4) is 28.0 Å². The Morgan fingerprint density at radius 1 is 0.571 bits per heavy atom. The first-order chi connectivity index (χ1) is 24.2. The molecule has 2 nitrogen and oxygen atoms in total. The molecule has 1 aliphatic heterocycles. The summed E-state index contributed by atoms with van der Waals surface area (Å²) in [6, 6.07) is 16.8. The van der Waals surface area contributed by atoms with Gasteiger partial charge in [-0.1, -0.05) is 109 Å². The number of fused-ring (bicyclic) bond motifs is 6. The fourth-order valence-corrected chi connectivity index (χ4v) is 7.46. The van der Waals surface area contributed by atoms with Gasteiger partial charge in [-0.2, -0.15) is 0 Å². The third kappa shape index (κ3) is 2.99. The quantitative estimate of drug-likeness (QED) is 0.200. The average molecular weight is 549 g/mol. The number of para-hydroxylation sites is 3. The van der Waals surface area contributed by atoms with E-state index in [4.69, 9.17) is 11.9 Å². The summed E-state index contributed by atoms with van der Waals surface area (Å²) in [5, 5.41) is 2.69. The van der Waals surface area contributed by atoms with Crippen LogP contribution < -0.4 is 4.74 Å². The molecule has 0 saturated heterocycles. The van der Waals surface area contributed by atoms with Crippen LogP contribution in [0.15, 0.2) is 113 Å². The molecule has 0 spiro atoms. The Bertz CT molecular complexity index is 2800. The number of rotatable bonds is 2. The predicted molar refractivity (Wildman–Crippen MR) is 174 cm³/mol. The van der Waals surface area contributed by atoms with Gasteiger partial charge < -0.3 is 9.15 Å². The minimum Gasteiger partial charge on any atom is -0.489 e. The number of hydrogen-bond donors (Lipinski definition) is 0. The van der Waals surface area contributed by atoms with Gasteiger partial charge in [0.25, 0.3) is 0 Å². The molecule has 0 amide bonds. The first-order valence-corrected chi connectivity index (χ1v) is 14.6. The van der Waals surface area contributed by atoms with E-state index in [0.29, 0.717) is 28.0 Å². The molecule has 0 bridgehead atoms. The van der Waals surface area contributed by atoms with Gasteiger partial charge in [0.2, 0.25) is 0 Å². The van der Waals surface area contributed by atoms with Gasteiger partial charge in [0.15, 0.2) is 0 Å². The van der Waals surface area contributed by atoms with E-state index in [-0.39, 0.29) is 104 Å². The number of benzene rings is 7. The smallest absolute Gasteiger partial charge is 0.143 e. The van der Waals surface area contributed by atoms with Crippen molar-refractivity contribution in [1.29, 1.82) is 0 Å². The van der Waals surface area contributed by atoms with E-state index in [1.807, 2.05) is 48.5 Å².